The normalized spacial score (nSPS) is 13.5. The lowest BCUT2D eigenvalue weighted by Gasteiger charge is -2.26. The number of likely N-dealkylation sites (tertiary alicyclic amines) is 1. The number of amides is 2. The number of nitrogens with zero attached hydrogens (tertiary/aromatic N) is 2. The molecule has 3 aromatic rings. The molecule has 2 aromatic heterocycles. The van der Waals surface area contributed by atoms with Gasteiger partial charge >= 0.3 is 0 Å². The van der Waals surface area contributed by atoms with Crippen molar-refractivity contribution in [1.29, 1.82) is 0 Å². The van der Waals surface area contributed by atoms with Crippen molar-refractivity contribution in [1.82, 2.24) is 9.80 Å². The number of carbonyl (C=O) groups excluding carboxylic acids is 2. The minimum absolute atomic E-state index is 0.0367. The van der Waals surface area contributed by atoms with Gasteiger partial charge in [0, 0.05) is 18.7 Å². The lowest BCUT2D eigenvalue weighted by Crippen LogP contribution is -2.38. The number of piperidine rings is 1. The van der Waals surface area contributed by atoms with Crippen LogP contribution in [0.15, 0.2) is 63.8 Å². The summed E-state index contributed by atoms with van der Waals surface area (Å²) in [4.78, 5) is 29.4. The van der Waals surface area contributed by atoms with Gasteiger partial charge in [-0.25, -0.2) is 0 Å². The van der Waals surface area contributed by atoms with Crippen LogP contribution in [0.4, 0.5) is 0 Å². The first-order valence-corrected chi connectivity index (χ1v) is 11.7. The molecule has 0 atom stereocenters. The van der Waals surface area contributed by atoms with Crippen LogP contribution in [0.25, 0.3) is 0 Å². The summed E-state index contributed by atoms with van der Waals surface area (Å²) < 4.78 is 22.4. The van der Waals surface area contributed by atoms with Crippen LogP contribution in [-0.4, -0.2) is 47.9 Å². The highest BCUT2D eigenvalue weighted by Crippen LogP contribution is 2.30. The van der Waals surface area contributed by atoms with Crippen molar-refractivity contribution >= 4 is 11.8 Å². The molecule has 0 N–H and O–H groups in total. The Morgan fingerprint density at radius 1 is 0.912 bits per heavy atom. The summed E-state index contributed by atoms with van der Waals surface area (Å²) >= 11 is 0. The van der Waals surface area contributed by atoms with E-state index in [2.05, 4.69) is 0 Å². The molecule has 34 heavy (non-hydrogen) atoms. The number of rotatable bonds is 10. The molecule has 2 amide bonds. The van der Waals surface area contributed by atoms with E-state index < -0.39 is 0 Å². The number of hydrogen-bond donors (Lipinski definition) is 0. The predicted molar refractivity (Wildman–Crippen MR) is 125 cm³/mol. The summed E-state index contributed by atoms with van der Waals surface area (Å²) in [6.45, 7) is 4.33. The molecular weight excluding hydrogens is 436 g/mol. The maximum absolute atomic E-state index is 13.4. The zero-order valence-corrected chi connectivity index (χ0v) is 19.4. The molecular formula is C26H30N2O6. The lowest BCUT2D eigenvalue weighted by molar-refractivity contribution is -0.134. The van der Waals surface area contributed by atoms with E-state index in [4.69, 9.17) is 18.3 Å². The molecule has 3 heterocycles. The third-order valence-corrected chi connectivity index (χ3v) is 5.69. The third kappa shape index (κ3) is 6.01. The van der Waals surface area contributed by atoms with Gasteiger partial charge in [0.15, 0.2) is 18.1 Å². The average molecular weight is 467 g/mol. The van der Waals surface area contributed by atoms with Crippen LogP contribution in [0.5, 0.6) is 11.5 Å². The molecule has 0 unspecified atom stereocenters. The van der Waals surface area contributed by atoms with Crippen molar-refractivity contribution in [2.75, 3.05) is 26.3 Å². The summed E-state index contributed by atoms with van der Waals surface area (Å²) in [7, 11) is 0. The van der Waals surface area contributed by atoms with E-state index in [1.807, 2.05) is 24.0 Å². The van der Waals surface area contributed by atoms with Crippen LogP contribution in [0.3, 0.4) is 0 Å². The summed E-state index contributed by atoms with van der Waals surface area (Å²) in [6.07, 6.45) is 6.37. The van der Waals surface area contributed by atoms with Crippen LogP contribution in [0.1, 0.15) is 48.1 Å². The number of ether oxygens (including phenoxy) is 2. The highest BCUT2D eigenvalue weighted by molar-refractivity contribution is 5.95. The number of hydrogen-bond acceptors (Lipinski definition) is 6. The minimum Gasteiger partial charge on any atom is -0.490 e. The van der Waals surface area contributed by atoms with Crippen LogP contribution < -0.4 is 9.47 Å². The molecule has 0 spiro atoms. The number of carbonyl (C=O) groups is 2. The Kier molecular flexibility index (Phi) is 7.91. The summed E-state index contributed by atoms with van der Waals surface area (Å²) in [6, 6.07) is 12.2. The van der Waals surface area contributed by atoms with Crippen molar-refractivity contribution < 1.29 is 27.9 Å². The molecule has 8 heteroatoms. The molecule has 0 saturated carbocycles. The molecule has 1 aromatic carbocycles. The van der Waals surface area contributed by atoms with Gasteiger partial charge in [0.05, 0.1) is 32.2 Å². The van der Waals surface area contributed by atoms with Crippen molar-refractivity contribution in [3.8, 4) is 11.5 Å². The van der Waals surface area contributed by atoms with Gasteiger partial charge in [-0.2, -0.15) is 0 Å². The van der Waals surface area contributed by atoms with Crippen LogP contribution in [0, 0.1) is 0 Å². The van der Waals surface area contributed by atoms with Crippen molar-refractivity contribution in [2.45, 2.75) is 39.3 Å². The minimum atomic E-state index is -0.204. The SMILES string of the molecule is CCOc1cc(C(=O)N(Cc2ccco2)Cc2ccco2)ccc1OCC(=O)N1CCCCC1. The molecule has 0 radical (unpaired) electrons. The quantitative estimate of drug-likeness (QED) is 0.437. The smallest absolute Gasteiger partial charge is 0.260 e. The van der Waals surface area contributed by atoms with Gasteiger partial charge in [0.2, 0.25) is 0 Å². The molecule has 0 aliphatic carbocycles. The standard InChI is InChI=1S/C26H30N2O6/c1-2-31-24-16-20(10-11-23(24)34-19-25(29)27-12-4-3-5-13-27)26(30)28(17-21-8-6-14-32-21)18-22-9-7-15-33-22/h6-11,14-16H,2-5,12-13,17-19H2,1H3. The van der Waals surface area contributed by atoms with Gasteiger partial charge in [0.25, 0.3) is 11.8 Å². The summed E-state index contributed by atoms with van der Waals surface area (Å²) in [5, 5.41) is 0. The van der Waals surface area contributed by atoms with Gasteiger partial charge in [-0.05, 0) is 68.7 Å². The van der Waals surface area contributed by atoms with E-state index in [9.17, 15) is 9.59 Å². The second-order valence-corrected chi connectivity index (χ2v) is 8.14. The van der Waals surface area contributed by atoms with Crippen LogP contribution in [0.2, 0.25) is 0 Å². The lowest BCUT2D eigenvalue weighted by atomic mass is 10.1. The van der Waals surface area contributed by atoms with Gasteiger partial charge in [0.1, 0.15) is 11.5 Å². The van der Waals surface area contributed by atoms with E-state index in [1.54, 1.807) is 47.8 Å². The second-order valence-electron chi connectivity index (χ2n) is 8.14. The number of benzene rings is 1. The maximum atomic E-state index is 13.4. The van der Waals surface area contributed by atoms with Crippen LogP contribution >= 0.6 is 0 Å². The van der Waals surface area contributed by atoms with E-state index in [0.717, 1.165) is 32.4 Å². The van der Waals surface area contributed by atoms with E-state index >= 15 is 0 Å². The molecule has 0 bridgehead atoms. The Morgan fingerprint density at radius 3 is 2.18 bits per heavy atom. The fourth-order valence-electron chi connectivity index (χ4n) is 3.97. The molecule has 180 valence electrons. The topological polar surface area (TPSA) is 85.4 Å². The highest BCUT2D eigenvalue weighted by atomic mass is 16.5. The molecule has 1 aliphatic rings. The zero-order valence-electron chi connectivity index (χ0n) is 19.4. The van der Waals surface area contributed by atoms with Crippen molar-refractivity contribution in [2.24, 2.45) is 0 Å². The Morgan fingerprint density at radius 2 is 1.59 bits per heavy atom. The fraction of sp³-hybridized carbons (Fsp3) is 0.385. The Balaban J connectivity index is 1.49. The van der Waals surface area contributed by atoms with Crippen LogP contribution in [-0.2, 0) is 17.9 Å². The first-order valence-electron chi connectivity index (χ1n) is 11.7. The molecule has 1 aliphatic heterocycles. The van der Waals surface area contributed by atoms with Gasteiger partial charge < -0.3 is 28.1 Å². The zero-order chi connectivity index (χ0) is 23.8. The first kappa shape index (κ1) is 23.5. The van der Waals surface area contributed by atoms with E-state index in [0.29, 0.717) is 48.3 Å². The molecule has 4 rings (SSSR count). The third-order valence-electron chi connectivity index (χ3n) is 5.69. The average Bonchev–Trinajstić information content (AvgIpc) is 3.57. The predicted octanol–water partition coefficient (Wildman–Crippen LogP) is 4.51. The molecule has 1 saturated heterocycles. The monoisotopic (exact) mass is 466 g/mol. The summed E-state index contributed by atoms with van der Waals surface area (Å²) in [5.41, 5.74) is 0.441. The van der Waals surface area contributed by atoms with Gasteiger partial charge in [-0.3, -0.25) is 9.59 Å². The summed E-state index contributed by atoms with van der Waals surface area (Å²) in [5.74, 6) is 1.96. The fourth-order valence-corrected chi connectivity index (χ4v) is 3.97. The Labute approximate surface area is 199 Å². The Hall–Kier alpha value is -3.68. The van der Waals surface area contributed by atoms with Gasteiger partial charge in [-0.1, -0.05) is 0 Å². The van der Waals surface area contributed by atoms with Gasteiger partial charge in [-0.15, -0.1) is 0 Å². The highest BCUT2D eigenvalue weighted by Gasteiger charge is 2.22. The van der Waals surface area contributed by atoms with E-state index in [1.165, 1.54) is 0 Å². The Bertz CT molecular complexity index is 1020. The maximum Gasteiger partial charge on any atom is 0.260 e. The molecule has 1 fully saturated rings. The number of furan rings is 2. The van der Waals surface area contributed by atoms with Crippen molar-refractivity contribution in [3.63, 3.8) is 0 Å². The second kappa shape index (κ2) is 11.4. The molecule has 8 nitrogen and oxygen atoms in total. The van der Waals surface area contributed by atoms with E-state index in [-0.39, 0.29) is 18.4 Å². The first-order chi connectivity index (χ1) is 16.6. The largest absolute Gasteiger partial charge is 0.490 e. The van der Waals surface area contributed by atoms with Crippen molar-refractivity contribution in [3.05, 3.63) is 72.1 Å².